The SMILES string of the molecule is Cn1cc(Cn2c(-c3nc4cc(C(=O)N5CCCC(N(C(=O)O)C(C)(C)C)C5)ccc4n3C)cc3ccccc32)cn1. The van der Waals surface area contributed by atoms with E-state index in [1.807, 2.05) is 77.6 Å². The number of likely N-dealkylation sites (tertiary alicyclic amines) is 1. The van der Waals surface area contributed by atoms with Crippen molar-refractivity contribution in [3.63, 3.8) is 0 Å². The highest BCUT2D eigenvalue weighted by Gasteiger charge is 2.37. The van der Waals surface area contributed by atoms with Crippen molar-refractivity contribution >= 4 is 33.9 Å². The Morgan fingerprint density at radius 1 is 1.07 bits per heavy atom. The normalized spacial score (nSPS) is 15.9. The van der Waals surface area contributed by atoms with E-state index < -0.39 is 11.6 Å². The lowest BCUT2D eigenvalue weighted by Crippen LogP contribution is -2.57. The molecule has 1 atom stereocenters. The molecule has 1 saturated heterocycles. The molecule has 3 aromatic heterocycles. The highest BCUT2D eigenvalue weighted by Crippen LogP contribution is 2.32. The molecule has 218 valence electrons. The minimum absolute atomic E-state index is 0.0984. The minimum Gasteiger partial charge on any atom is -0.465 e. The number of hydrogen-bond acceptors (Lipinski definition) is 4. The van der Waals surface area contributed by atoms with Crippen molar-refractivity contribution in [1.29, 1.82) is 0 Å². The van der Waals surface area contributed by atoms with Crippen LogP contribution < -0.4 is 0 Å². The molecule has 0 radical (unpaired) electrons. The van der Waals surface area contributed by atoms with E-state index in [0.717, 1.165) is 51.9 Å². The van der Waals surface area contributed by atoms with E-state index >= 15 is 0 Å². The van der Waals surface area contributed by atoms with Crippen LogP contribution in [-0.2, 0) is 20.6 Å². The second-order valence-corrected chi connectivity index (χ2v) is 12.3. The molecule has 42 heavy (non-hydrogen) atoms. The Morgan fingerprint density at radius 3 is 2.57 bits per heavy atom. The molecule has 6 rings (SSSR count). The number of piperidine rings is 1. The monoisotopic (exact) mass is 567 g/mol. The van der Waals surface area contributed by atoms with Crippen molar-refractivity contribution in [3.8, 4) is 11.5 Å². The third-order valence-electron chi connectivity index (χ3n) is 8.24. The first-order chi connectivity index (χ1) is 20.0. The van der Waals surface area contributed by atoms with Crippen LogP contribution in [0.1, 0.15) is 49.5 Å². The van der Waals surface area contributed by atoms with Gasteiger partial charge in [-0.3, -0.25) is 14.4 Å². The quantitative estimate of drug-likeness (QED) is 0.308. The summed E-state index contributed by atoms with van der Waals surface area (Å²) in [6, 6.07) is 15.9. The van der Waals surface area contributed by atoms with E-state index in [-0.39, 0.29) is 11.9 Å². The molecule has 1 N–H and O–H groups in total. The van der Waals surface area contributed by atoms with Gasteiger partial charge in [-0.05, 0) is 63.9 Å². The van der Waals surface area contributed by atoms with Gasteiger partial charge in [0.15, 0.2) is 5.82 Å². The van der Waals surface area contributed by atoms with Crippen LogP contribution in [0.2, 0.25) is 0 Å². The highest BCUT2D eigenvalue weighted by molar-refractivity contribution is 5.98. The maximum Gasteiger partial charge on any atom is 0.408 e. The predicted molar refractivity (Wildman–Crippen MR) is 162 cm³/mol. The van der Waals surface area contributed by atoms with Gasteiger partial charge in [0, 0.05) is 61.0 Å². The smallest absolute Gasteiger partial charge is 0.408 e. The molecule has 10 nitrogen and oxygen atoms in total. The van der Waals surface area contributed by atoms with Gasteiger partial charge in [-0.1, -0.05) is 18.2 Å². The van der Waals surface area contributed by atoms with E-state index in [2.05, 4.69) is 32.4 Å². The molecule has 2 amide bonds. The van der Waals surface area contributed by atoms with Gasteiger partial charge in [-0.2, -0.15) is 5.10 Å². The summed E-state index contributed by atoms with van der Waals surface area (Å²) in [7, 11) is 3.92. The third kappa shape index (κ3) is 4.91. The largest absolute Gasteiger partial charge is 0.465 e. The van der Waals surface area contributed by atoms with Gasteiger partial charge < -0.3 is 19.1 Å². The van der Waals surface area contributed by atoms with Crippen LogP contribution in [0.3, 0.4) is 0 Å². The molecule has 1 aliphatic heterocycles. The van der Waals surface area contributed by atoms with Gasteiger partial charge in [0.1, 0.15) is 0 Å². The molecule has 5 aromatic rings. The molecule has 10 heteroatoms. The van der Waals surface area contributed by atoms with E-state index in [1.165, 1.54) is 4.90 Å². The summed E-state index contributed by atoms with van der Waals surface area (Å²) in [6.45, 7) is 7.32. The molecule has 0 bridgehead atoms. The fourth-order valence-corrected chi connectivity index (χ4v) is 6.39. The molecule has 2 aromatic carbocycles. The first kappa shape index (κ1) is 27.6. The Bertz CT molecular complexity index is 1810. The summed E-state index contributed by atoms with van der Waals surface area (Å²) < 4.78 is 6.14. The van der Waals surface area contributed by atoms with Crippen LogP contribution in [0.5, 0.6) is 0 Å². The zero-order chi connectivity index (χ0) is 29.8. The van der Waals surface area contributed by atoms with Gasteiger partial charge >= 0.3 is 6.09 Å². The number of carbonyl (C=O) groups excluding carboxylic acids is 1. The number of para-hydroxylation sites is 1. The number of benzene rings is 2. The maximum absolute atomic E-state index is 13.7. The topological polar surface area (TPSA) is 101 Å². The van der Waals surface area contributed by atoms with E-state index in [4.69, 9.17) is 4.98 Å². The van der Waals surface area contributed by atoms with Gasteiger partial charge in [0.2, 0.25) is 0 Å². The number of carbonyl (C=O) groups is 2. The Labute approximate surface area is 244 Å². The van der Waals surface area contributed by atoms with Crippen LogP contribution in [-0.4, -0.2) is 75.5 Å². The van der Waals surface area contributed by atoms with Gasteiger partial charge in [0.25, 0.3) is 5.91 Å². The number of carboxylic acid groups (broad SMARTS) is 1. The zero-order valence-corrected chi connectivity index (χ0v) is 24.8. The third-order valence-corrected chi connectivity index (χ3v) is 8.24. The lowest BCUT2D eigenvalue weighted by atomic mass is 9.97. The summed E-state index contributed by atoms with van der Waals surface area (Å²) in [6.07, 6.45) is 4.45. The Morgan fingerprint density at radius 2 is 1.86 bits per heavy atom. The van der Waals surface area contributed by atoms with Crippen LogP contribution in [0, 0.1) is 0 Å². The molecule has 1 unspecified atom stereocenters. The molecule has 0 spiro atoms. The molecular formula is C32H37N7O3. The Hall–Kier alpha value is -4.60. The van der Waals surface area contributed by atoms with E-state index in [1.54, 1.807) is 9.58 Å². The summed E-state index contributed by atoms with van der Waals surface area (Å²) in [4.78, 5) is 34.1. The summed E-state index contributed by atoms with van der Waals surface area (Å²) >= 11 is 0. The van der Waals surface area contributed by atoms with Gasteiger partial charge in [0.05, 0.1) is 35.5 Å². The second-order valence-electron chi connectivity index (χ2n) is 12.3. The number of fused-ring (bicyclic) bond motifs is 2. The van der Waals surface area contributed by atoms with Crippen molar-refractivity contribution in [2.45, 2.75) is 51.7 Å². The lowest BCUT2D eigenvalue weighted by Gasteiger charge is -2.44. The number of aryl methyl sites for hydroxylation is 2. The Balaban J connectivity index is 1.34. The molecule has 0 saturated carbocycles. The fraction of sp³-hybridized carbons (Fsp3) is 0.375. The van der Waals surface area contributed by atoms with Gasteiger partial charge in [-0.25, -0.2) is 9.78 Å². The minimum atomic E-state index is -0.954. The van der Waals surface area contributed by atoms with Crippen LogP contribution >= 0.6 is 0 Å². The van der Waals surface area contributed by atoms with Crippen LogP contribution in [0.15, 0.2) is 60.9 Å². The van der Waals surface area contributed by atoms with Crippen LogP contribution in [0.25, 0.3) is 33.5 Å². The summed E-state index contributed by atoms with van der Waals surface area (Å²) in [5, 5.41) is 15.4. The van der Waals surface area contributed by atoms with Crippen molar-refractivity contribution < 1.29 is 14.7 Å². The average molecular weight is 568 g/mol. The van der Waals surface area contributed by atoms with Crippen molar-refractivity contribution in [2.24, 2.45) is 14.1 Å². The number of imidazole rings is 1. The van der Waals surface area contributed by atoms with Crippen molar-refractivity contribution in [2.75, 3.05) is 13.1 Å². The highest BCUT2D eigenvalue weighted by atomic mass is 16.4. The molecular weight excluding hydrogens is 530 g/mol. The standard InChI is InChI=1S/C32H37N7O3/c1-32(2,3)39(31(41)42)24-10-8-14-37(20-24)30(40)23-12-13-27-25(15-23)34-29(36(27)5)28-16-22-9-6-7-11-26(22)38(28)19-21-17-33-35(4)18-21/h6-7,9,11-13,15-18,24H,8,10,14,19-20H2,1-5H3,(H,41,42). The average Bonchev–Trinajstić information content (AvgIpc) is 3.62. The molecule has 1 fully saturated rings. The summed E-state index contributed by atoms with van der Waals surface area (Å²) in [5.41, 5.74) is 4.88. The first-order valence-electron chi connectivity index (χ1n) is 14.4. The molecule has 0 aliphatic carbocycles. The second kappa shape index (κ2) is 10.3. The van der Waals surface area contributed by atoms with Crippen LogP contribution in [0.4, 0.5) is 4.79 Å². The number of aromatic nitrogens is 5. The molecule has 1 aliphatic rings. The fourth-order valence-electron chi connectivity index (χ4n) is 6.39. The predicted octanol–water partition coefficient (Wildman–Crippen LogP) is 5.36. The summed E-state index contributed by atoms with van der Waals surface area (Å²) in [5.74, 6) is 0.716. The number of hydrogen-bond donors (Lipinski definition) is 1. The number of nitrogens with zero attached hydrogens (tertiary/aromatic N) is 7. The Kier molecular flexibility index (Phi) is 6.79. The van der Waals surface area contributed by atoms with E-state index in [0.29, 0.717) is 25.2 Å². The van der Waals surface area contributed by atoms with Crippen molar-refractivity contribution in [1.82, 2.24) is 33.7 Å². The van der Waals surface area contributed by atoms with Gasteiger partial charge in [-0.15, -0.1) is 0 Å². The number of rotatable bonds is 5. The lowest BCUT2D eigenvalue weighted by molar-refractivity contribution is 0.0315. The first-order valence-corrected chi connectivity index (χ1v) is 14.4. The van der Waals surface area contributed by atoms with E-state index in [9.17, 15) is 14.7 Å². The maximum atomic E-state index is 13.7. The zero-order valence-electron chi connectivity index (χ0n) is 24.8. The molecule has 4 heterocycles. The van der Waals surface area contributed by atoms with Crippen molar-refractivity contribution in [3.05, 3.63) is 72.1 Å². The number of amides is 2.